The number of pyridine rings is 1. The molecule has 0 radical (unpaired) electrons. The Morgan fingerprint density at radius 2 is 2.13 bits per heavy atom. The summed E-state index contributed by atoms with van der Waals surface area (Å²) < 4.78 is 39.3. The van der Waals surface area contributed by atoms with E-state index in [1.165, 1.54) is 0 Å². The van der Waals surface area contributed by atoms with E-state index in [0.29, 0.717) is 5.56 Å². The molecule has 1 rings (SSSR count). The number of nitrogens with zero attached hydrogens (tertiary/aromatic N) is 2. The Hall–Kier alpha value is -1.29. The molecule has 0 fully saturated rings. The van der Waals surface area contributed by atoms with E-state index in [4.69, 9.17) is 5.26 Å². The van der Waals surface area contributed by atoms with Gasteiger partial charge in [0.15, 0.2) is 0 Å². The van der Waals surface area contributed by atoms with Gasteiger partial charge in [0.05, 0.1) is 11.6 Å². The van der Waals surface area contributed by atoms with Gasteiger partial charge < -0.3 is 4.74 Å². The van der Waals surface area contributed by atoms with Crippen LogP contribution in [-0.2, 0) is 0 Å². The summed E-state index contributed by atoms with van der Waals surface area (Å²) in [4.78, 5) is 3.49. The highest BCUT2D eigenvalue weighted by molar-refractivity contribution is 9.10. The van der Waals surface area contributed by atoms with Crippen molar-refractivity contribution in [2.45, 2.75) is 13.3 Å². The van der Waals surface area contributed by atoms with Crippen molar-refractivity contribution in [1.82, 2.24) is 4.98 Å². The van der Waals surface area contributed by atoms with Crippen molar-refractivity contribution in [2.24, 2.45) is 0 Å². The van der Waals surface area contributed by atoms with Crippen molar-refractivity contribution in [3.05, 3.63) is 21.8 Å². The van der Waals surface area contributed by atoms with Crippen molar-refractivity contribution in [3.63, 3.8) is 0 Å². The second kappa shape index (κ2) is 4.06. The fourth-order valence-corrected chi connectivity index (χ4v) is 1.23. The van der Waals surface area contributed by atoms with Crippen LogP contribution in [0.25, 0.3) is 0 Å². The highest BCUT2D eigenvalue weighted by Gasteiger charge is 2.32. The third-order valence-electron chi connectivity index (χ3n) is 1.53. The monoisotopic (exact) mass is 280 g/mol. The van der Waals surface area contributed by atoms with E-state index in [1.54, 1.807) is 13.0 Å². The normalized spacial score (nSPS) is 10.9. The number of hydrogen-bond acceptors (Lipinski definition) is 3. The Kier molecular flexibility index (Phi) is 3.19. The smallest absolute Gasteiger partial charge is 0.388 e. The summed E-state index contributed by atoms with van der Waals surface area (Å²) >= 11 is 2.94. The SMILES string of the molecule is Cc1c(C#N)cc(OC(F)(F)F)nc1Br. The molecule has 1 aromatic heterocycles. The quantitative estimate of drug-likeness (QED) is 0.743. The molecule has 7 heteroatoms. The largest absolute Gasteiger partial charge is 0.574 e. The molecule has 0 aliphatic heterocycles. The Bertz CT molecular complexity index is 425. The standard InChI is InChI=1S/C8H4BrF3N2O/c1-4-5(3-13)2-6(14-7(4)9)15-8(10,11)12/h2H,1H3. The van der Waals surface area contributed by atoms with E-state index in [1.807, 2.05) is 0 Å². The minimum absolute atomic E-state index is 0.0797. The summed E-state index contributed by atoms with van der Waals surface area (Å²) in [5.74, 6) is -0.656. The number of alkyl halides is 3. The van der Waals surface area contributed by atoms with Crippen LogP contribution in [0.5, 0.6) is 5.88 Å². The molecule has 0 aliphatic rings. The lowest BCUT2D eigenvalue weighted by atomic mass is 10.2. The number of nitriles is 1. The predicted molar refractivity (Wildman–Crippen MR) is 48.1 cm³/mol. The molecule has 15 heavy (non-hydrogen) atoms. The fourth-order valence-electron chi connectivity index (χ4n) is 0.843. The molecule has 0 aromatic carbocycles. The van der Waals surface area contributed by atoms with Crippen LogP contribution in [0.3, 0.4) is 0 Å². The number of halogens is 4. The lowest BCUT2D eigenvalue weighted by Gasteiger charge is -2.09. The number of aromatic nitrogens is 1. The van der Waals surface area contributed by atoms with Crippen LogP contribution in [0.2, 0.25) is 0 Å². The molecule has 1 aromatic rings. The maximum Gasteiger partial charge on any atom is 0.574 e. The molecule has 0 bridgehead atoms. The van der Waals surface area contributed by atoms with Crippen molar-refractivity contribution in [1.29, 1.82) is 5.26 Å². The molecule has 0 aliphatic carbocycles. The zero-order valence-corrected chi connectivity index (χ0v) is 8.98. The lowest BCUT2D eigenvalue weighted by Crippen LogP contribution is -2.18. The Labute approximate surface area is 91.6 Å². The molecule has 0 atom stereocenters. The van der Waals surface area contributed by atoms with Crippen molar-refractivity contribution >= 4 is 15.9 Å². The first-order valence-electron chi connectivity index (χ1n) is 3.66. The van der Waals surface area contributed by atoms with Crippen LogP contribution in [0.4, 0.5) is 13.2 Å². The Balaban J connectivity index is 3.13. The number of rotatable bonds is 1. The summed E-state index contributed by atoms with van der Waals surface area (Å²) in [6.45, 7) is 1.56. The van der Waals surface area contributed by atoms with E-state index in [9.17, 15) is 13.2 Å². The van der Waals surface area contributed by atoms with E-state index < -0.39 is 12.2 Å². The van der Waals surface area contributed by atoms with Crippen molar-refractivity contribution in [2.75, 3.05) is 0 Å². The van der Waals surface area contributed by atoms with Gasteiger partial charge in [0.1, 0.15) is 4.60 Å². The van der Waals surface area contributed by atoms with Gasteiger partial charge in [0, 0.05) is 6.07 Å². The average Bonchev–Trinajstić information content (AvgIpc) is 2.08. The first-order chi connectivity index (χ1) is 6.83. The predicted octanol–water partition coefficient (Wildman–Crippen LogP) is 2.92. The van der Waals surface area contributed by atoms with E-state index in [-0.39, 0.29) is 10.2 Å². The first-order valence-corrected chi connectivity index (χ1v) is 4.46. The van der Waals surface area contributed by atoms with Gasteiger partial charge in [-0.25, -0.2) is 4.98 Å². The van der Waals surface area contributed by atoms with Gasteiger partial charge in [0.2, 0.25) is 5.88 Å². The van der Waals surface area contributed by atoms with Crippen LogP contribution in [0.15, 0.2) is 10.7 Å². The molecule has 0 unspecified atom stereocenters. The fraction of sp³-hybridized carbons (Fsp3) is 0.250. The van der Waals surface area contributed by atoms with Crippen LogP contribution < -0.4 is 4.74 Å². The third-order valence-corrected chi connectivity index (χ3v) is 2.30. The molecule has 3 nitrogen and oxygen atoms in total. The summed E-state index contributed by atoms with van der Waals surface area (Å²) in [6, 6.07) is 2.68. The van der Waals surface area contributed by atoms with Crippen LogP contribution in [0, 0.1) is 18.3 Å². The molecule has 80 valence electrons. The second-order valence-corrected chi connectivity index (χ2v) is 3.33. The van der Waals surface area contributed by atoms with Crippen molar-refractivity contribution in [3.8, 4) is 11.9 Å². The molecule has 0 N–H and O–H groups in total. The average molecular weight is 281 g/mol. The molecule has 0 spiro atoms. The van der Waals surface area contributed by atoms with Gasteiger partial charge in [-0.3, -0.25) is 0 Å². The van der Waals surface area contributed by atoms with Gasteiger partial charge in [-0.15, -0.1) is 13.2 Å². The third kappa shape index (κ3) is 3.09. The first kappa shape index (κ1) is 11.8. The topological polar surface area (TPSA) is 45.9 Å². The van der Waals surface area contributed by atoms with Crippen LogP contribution in [0.1, 0.15) is 11.1 Å². The van der Waals surface area contributed by atoms with Crippen LogP contribution in [-0.4, -0.2) is 11.3 Å². The molecule has 0 saturated heterocycles. The minimum Gasteiger partial charge on any atom is -0.388 e. The summed E-state index contributed by atoms with van der Waals surface area (Å²) in [5, 5.41) is 8.63. The van der Waals surface area contributed by atoms with E-state index in [2.05, 4.69) is 25.7 Å². The lowest BCUT2D eigenvalue weighted by molar-refractivity contribution is -0.276. The summed E-state index contributed by atoms with van der Waals surface area (Å²) in [5.41, 5.74) is 0.545. The second-order valence-electron chi connectivity index (χ2n) is 2.58. The Morgan fingerprint density at radius 1 is 1.53 bits per heavy atom. The van der Waals surface area contributed by atoms with Gasteiger partial charge in [-0.1, -0.05) is 0 Å². The number of ether oxygens (including phenoxy) is 1. The zero-order valence-electron chi connectivity index (χ0n) is 7.39. The Morgan fingerprint density at radius 3 is 2.60 bits per heavy atom. The van der Waals surface area contributed by atoms with Gasteiger partial charge in [-0.05, 0) is 28.4 Å². The molecular weight excluding hydrogens is 277 g/mol. The van der Waals surface area contributed by atoms with Crippen molar-refractivity contribution < 1.29 is 17.9 Å². The summed E-state index contributed by atoms with van der Waals surface area (Å²) in [6.07, 6.45) is -4.81. The number of hydrogen-bond donors (Lipinski definition) is 0. The molecule has 1 heterocycles. The van der Waals surface area contributed by atoms with Gasteiger partial charge >= 0.3 is 6.36 Å². The van der Waals surface area contributed by atoms with E-state index in [0.717, 1.165) is 6.07 Å². The van der Waals surface area contributed by atoms with Gasteiger partial charge in [-0.2, -0.15) is 5.26 Å². The maximum atomic E-state index is 11.8. The maximum absolute atomic E-state index is 11.8. The highest BCUT2D eigenvalue weighted by Crippen LogP contribution is 2.26. The molecule has 0 amide bonds. The molecular formula is C8H4BrF3N2O. The summed E-state index contributed by atoms with van der Waals surface area (Å²) in [7, 11) is 0. The van der Waals surface area contributed by atoms with Gasteiger partial charge in [0.25, 0.3) is 0 Å². The van der Waals surface area contributed by atoms with E-state index >= 15 is 0 Å². The molecule has 0 saturated carbocycles. The minimum atomic E-state index is -4.81. The van der Waals surface area contributed by atoms with Crippen LogP contribution >= 0.6 is 15.9 Å². The highest BCUT2D eigenvalue weighted by atomic mass is 79.9. The zero-order chi connectivity index (χ0) is 11.6.